The summed E-state index contributed by atoms with van der Waals surface area (Å²) in [5, 5.41) is 4.30. The van der Waals surface area contributed by atoms with Gasteiger partial charge in [-0.05, 0) is 45.1 Å². The first-order chi connectivity index (χ1) is 16.0. The number of likely N-dealkylation sites (N-methyl/N-ethyl adjacent to an activating group) is 1. The number of fused-ring (bicyclic) bond motifs is 1. The smallest absolute Gasteiger partial charge is 0.268 e. The van der Waals surface area contributed by atoms with E-state index in [4.69, 9.17) is 0 Å². The summed E-state index contributed by atoms with van der Waals surface area (Å²) in [6.45, 7) is 5.61. The van der Waals surface area contributed by atoms with Gasteiger partial charge in [-0.3, -0.25) is 4.79 Å². The SMILES string of the molecule is CC(C)NC(=O)c1c(C(c2ccccc2)c2ccccc2)c2ccccc2n1CCN(C)C. The molecular formula is C29H33N3O. The summed E-state index contributed by atoms with van der Waals surface area (Å²) in [7, 11) is 4.13. The van der Waals surface area contributed by atoms with Gasteiger partial charge in [0.15, 0.2) is 0 Å². The van der Waals surface area contributed by atoms with Gasteiger partial charge in [-0.2, -0.15) is 0 Å². The Kier molecular flexibility index (Phi) is 6.95. The number of nitrogens with zero attached hydrogens (tertiary/aromatic N) is 2. The monoisotopic (exact) mass is 439 g/mol. The van der Waals surface area contributed by atoms with Gasteiger partial charge >= 0.3 is 0 Å². The van der Waals surface area contributed by atoms with Gasteiger partial charge in [0.1, 0.15) is 5.69 Å². The van der Waals surface area contributed by atoms with Crippen molar-refractivity contribution in [2.75, 3.05) is 20.6 Å². The topological polar surface area (TPSA) is 37.3 Å². The van der Waals surface area contributed by atoms with E-state index in [1.165, 1.54) is 11.1 Å². The number of amides is 1. The second-order valence-electron chi connectivity index (χ2n) is 9.12. The highest BCUT2D eigenvalue weighted by atomic mass is 16.2. The van der Waals surface area contributed by atoms with Gasteiger partial charge in [-0.1, -0.05) is 78.9 Å². The van der Waals surface area contributed by atoms with Crippen LogP contribution in [0.25, 0.3) is 10.9 Å². The van der Waals surface area contributed by atoms with Gasteiger partial charge in [0.2, 0.25) is 0 Å². The maximum Gasteiger partial charge on any atom is 0.268 e. The molecule has 1 aromatic heterocycles. The summed E-state index contributed by atoms with van der Waals surface area (Å²) in [5.41, 5.74) is 5.28. The predicted octanol–water partition coefficient (Wildman–Crippen LogP) is 5.52. The predicted molar refractivity (Wildman–Crippen MR) is 137 cm³/mol. The van der Waals surface area contributed by atoms with E-state index in [0.717, 1.165) is 35.2 Å². The average molecular weight is 440 g/mol. The van der Waals surface area contributed by atoms with E-state index < -0.39 is 0 Å². The molecule has 0 fully saturated rings. The Morgan fingerprint density at radius 1 is 0.848 bits per heavy atom. The van der Waals surface area contributed by atoms with Gasteiger partial charge in [0.25, 0.3) is 5.91 Å². The molecule has 0 aliphatic carbocycles. The molecule has 4 rings (SSSR count). The first kappa shape index (κ1) is 22.8. The zero-order chi connectivity index (χ0) is 23.4. The van der Waals surface area contributed by atoms with Crippen LogP contribution in [0.3, 0.4) is 0 Å². The standard InChI is InChI=1S/C29H33N3O/c1-21(2)30-29(33)28-27(24-17-11-12-18-25(24)32(28)20-19-31(3)4)26(22-13-7-5-8-14-22)23-15-9-6-10-16-23/h5-18,21,26H,19-20H2,1-4H3,(H,30,33). The quantitative estimate of drug-likeness (QED) is 0.392. The largest absolute Gasteiger partial charge is 0.349 e. The Labute approximate surface area is 196 Å². The van der Waals surface area contributed by atoms with Gasteiger partial charge in [-0.15, -0.1) is 0 Å². The third kappa shape index (κ3) is 4.86. The molecule has 0 saturated carbocycles. The number of para-hydroxylation sites is 1. The molecule has 0 atom stereocenters. The highest BCUT2D eigenvalue weighted by molar-refractivity contribution is 6.03. The van der Waals surface area contributed by atoms with Crippen LogP contribution in [0, 0.1) is 0 Å². The fourth-order valence-electron chi connectivity index (χ4n) is 4.55. The van der Waals surface area contributed by atoms with Gasteiger partial charge < -0.3 is 14.8 Å². The maximum absolute atomic E-state index is 13.7. The molecule has 1 heterocycles. The molecule has 0 radical (unpaired) electrons. The average Bonchev–Trinajstić information content (AvgIpc) is 3.13. The molecule has 33 heavy (non-hydrogen) atoms. The molecule has 0 saturated heterocycles. The van der Waals surface area contributed by atoms with Crippen molar-refractivity contribution in [3.63, 3.8) is 0 Å². The lowest BCUT2D eigenvalue weighted by Gasteiger charge is -2.22. The van der Waals surface area contributed by atoms with E-state index in [9.17, 15) is 4.79 Å². The number of benzene rings is 3. The van der Waals surface area contributed by atoms with Crippen LogP contribution < -0.4 is 5.32 Å². The number of carbonyl (C=O) groups is 1. The first-order valence-corrected chi connectivity index (χ1v) is 11.6. The fraction of sp³-hybridized carbons (Fsp3) is 0.276. The second-order valence-corrected chi connectivity index (χ2v) is 9.12. The Morgan fingerprint density at radius 2 is 1.39 bits per heavy atom. The van der Waals surface area contributed by atoms with E-state index in [1.807, 2.05) is 26.0 Å². The molecule has 3 aromatic carbocycles. The molecule has 0 bridgehead atoms. The number of aromatic nitrogens is 1. The van der Waals surface area contributed by atoms with Crippen molar-refractivity contribution in [3.05, 3.63) is 107 Å². The van der Waals surface area contributed by atoms with Gasteiger partial charge in [-0.25, -0.2) is 0 Å². The van der Waals surface area contributed by atoms with E-state index in [-0.39, 0.29) is 17.9 Å². The maximum atomic E-state index is 13.7. The van der Waals surface area contributed by atoms with Crippen molar-refractivity contribution >= 4 is 16.8 Å². The van der Waals surface area contributed by atoms with Crippen molar-refractivity contribution in [2.24, 2.45) is 0 Å². The highest BCUT2D eigenvalue weighted by Gasteiger charge is 2.30. The molecule has 170 valence electrons. The first-order valence-electron chi connectivity index (χ1n) is 11.6. The third-order valence-electron chi connectivity index (χ3n) is 5.97. The van der Waals surface area contributed by atoms with Crippen molar-refractivity contribution in [3.8, 4) is 0 Å². The van der Waals surface area contributed by atoms with Gasteiger partial charge in [0, 0.05) is 41.5 Å². The summed E-state index contributed by atoms with van der Waals surface area (Å²) >= 11 is 0. The summed E-state index contributed by atoms with van der Waals surface area (Å²) in [6, 6.07) is 29.5. The van der Waals surface area contributed by atoms with Crippen LogP contribution in [0.4, 0.5) is 0 Å². The second kappa shape index (κ2) is 10.1. The van der Waals surface area contributed by atoms with Crippen molar-refractivity contribution in [1.82, 2.24) is 14.8 Å². The zero-order valence-corrected chi connectivity index (χ0v) is 20.0. The summed E-state index contributed by atoms with van der Waals surface area (Å²) in [4.78, 5) is 15.9. The summed E-state index contributed by atoms with van der Waals surface area (Å²) < 4.78 is 2.21. The van der Waals surface area contributed by atoms with E-state index >= 15 is 0 Å². The molecule has 4 nitrogen and oxygen atoms in total. The number of nitrogens with one attached hydrogen (secondary N) is 1. The molecule has 1 amide bonds. The Bertz CT molecular complexity index is 1170. The summed E-state index contributed by atoms with van der Waals surface area (Å²) in [5.74, 6) is -0.0716. The molecule has 0 spiro atoms. The minimum atomic E-state index is -0.0502. The van der Waals surface area contributed by atoms with E-state index in [1.54, 1.807) is 0 Å². The van der Waals surface area contributed by atoms with E-state index in [2.05, 4.69) is 102 Å². The van der Waals surface area contributed by atoms with Crippen molar-refractivity contribution in [1.29, 1.82) is 0 Å². The molecular weight excluding hydrogens is 406 g/mol. The van der Waals surface area contributed by atoms with Crippen molar-refractivity contribution in [2.45, 2.75) is 32.4 Å². The lowest BCUT2D eigenvalue weighted by atomic mass is 9.83. The minimum Gasteiger partial charge on any atom is -0.349 e. The van der Waals surface area contributed by atoms with Crippen LogP contribution in [0.1, 0.15) is 46.9 Å². The van der Waals surface area contributed by atoms with E-state index in [0.29, 0.717) is 0 Å². The van der Waals surface area contributed by atoms with Crippen LogP contribution >= 0.6 is 0 Å². The molecule has 4 heteroatoms. The number of hydrogen-bond donors (Lipinski definition) is 1. The zero-order valence-electron chi connectivity index (χ0n) is 20.0. The van der Waals surface area contributed by atoms with Crippen LogP contribution in [0.2, 0.25) is 0 Å². The number of carbonyl (C=O) groups excluding carboxylic acids is 1. The number of rotatable bonds is 8. The normalized spacial score (nSPS) is 11.6. The van der Waals surface area contributed by atoms with Crippen LogP contribution in [-0.4, -0.2) is 42.1 Å². The van der Waals surface area contributed by atoms with Crippen LogP contribution in [0.5, 0.6) is 0 Å². The van der Waals surface area contributed by atoms with Crippen LogP contribution in [0.15, 0.2) is 84.9 Å². The van der Waals surface area contributed by atoms with Crippen molar-refractivity contribution < 1.29 is 4.79 Å². The Balaban J connectivity index is 2.04. The lowest BCUT2D eigenvalue weighted by Crippen LogP contribution is -2.33. The third-order valence-corrected chi connectivity index (χ3v) is 5.97. The molecule has 0 aliphatic heterocycles. The Hall–Kier alpha value is -3.37. The molecule has 0 aliphatic rings. The fourth-order valence-corrected chi connectivity index (χ4v) is 4.55. The minimum absolute atomic E-state index is 0.0215. The highest BCUT2D eigenvalue weighted by Crippen LogP contribution is 2.40. The van der Waals surface area contributed by atoms with Gasteiger partial charge in [0.05, 0.1) is 0 Å². The summed E-state index contributed by atoms with van der Waals surface area (Å²) in [6.07, 6.45) is 0. The number of hydrogen-bond acceptors (Lipinski definition) is 2. The molecule has 1 N–H and O–H groups in total. The molecule has 4 aromatic rings. The lowest BCUT2D eigenvalue weighted by molar-refractivity contribution is 0.0932. The molecule has 0 unspecified atom stereocenters. The van der Waals surface area contributed by atoms with Crippen LogP contribution in [-0.2, 0) is 6.54 Å². The Morgan fingerprint density at radius 3 is 1.94 bits per heavy atom.